The molecule has 2 bridgehead atoms. The number of rotatable bonds is 2. The van der Waals surface area contributed by atoms with Crippen molar-refractivity contribution in [3.63, 3.8) is 0 Å². The van der Waals surface area contributed by atoms with Crippen LogP contribution in [0, 0.1) is 0 Å². The summed E-state index contributed by atoms with van der Waals surface area (Å²) in [6.45, 7) is 0. The van der Waals surface area contributed by atoms with Gasteiger partial charge in [0, 0.05) is 19.0 Å². The van der Waals surface area contributed by atoms with Crippen molar-refractivity contribution >= 4 is 33.4 Å². The maximum atomic E-state index is 14.1. The Labute approximate surface area is 201 Å². The molecule has 6 aliphatic rings. The molecule has 7 unspecified atom stereocenters. The first-order valence-electron chi connectivity index (χ1n) is 10.5. The highest BCUT2D eigenvalue weighted by atomic mass is 33.1. The van der Waals surface area contributed by atoms with Gasteiger partial charge in [-0.3, -0.25) is 19.3 Å². The number of methoxy groups -OCH3 is 2. The highest BCUT2D eigenvalue weighted by molar-refractivity contribution is 8.77. The van der Waals surface area contributed by atoms with Crippen molar-refractivity contribution in [2.75, 3.05) is 21.3 Å². The Bertz CT molecular complexity index is 1150. The van der Waals surface area contributed by atoms with Gasteiger partial charge in [0.25, 0.3) is 11.6 Å². The van der Waals surface area contributed by atoms with E-state index in [2.05, 4.69) is 0 Å². The summed E-state index contributed by atoms with van der Waals surface area (Å²) in [5.41, 5.74) is -3.15. The van der Waals surface area contributed by atoms with Crippen LogP contribution < -0.4 is 14.2 Å². The molecule has 2 spiro atoms. The number of nitrogens with zero attached hydrogens (tertiary/aromatic N) is 2. The van der Waals surface area contributed by atoms with Crippen LogP contribution in [0.2, 0.25) is 0 Å². The predicted octanol–water partition coefficient (Wildman–Crippen LogP) is -0.0479. The van der Waals surface area contributed by atoms with Gasteiger partial charge in [0.1, 0.15) is 29.2 Å². The minimum absolute atomic E-state index is 0.284. The van der Waals surface area contributed by atoms with Crippen LogP contribution in [0.4, 0.5) is 0 Å². The molecule has 7 atom stereocenters. The molecule has 1 aromatic rings. The Kier molecular flexibility index (Phi) is 4.56. The molecule has 11 nitrogen and oxygen atoms in total. The van der Waals surface area contributed by atoms with Crippen LogP contribution in [-0.4, -0.2) is 92.9 Å². The van der Waals surface area contributed by atoms with E-state index in [1.54, 1.807) is 12.1 Å². The normalized spacial score (nSPS) is 41.8. The second kappa shape index (κ2) is 6.95. The number of piperazine rings is 1. The SMILES string of the molecule is COc1ccc2c(c1OC)OC13C(=O)N4OC5C(O)C=CC(O)C5(O)CC4(SSC21)C(=O)N3C. The molecule has 13 heteroatoms. The fraction of sp³-hybridized carbons (Fsp3) is 0.524. The van der Waals surface area contributed by atoms with Gasteiger partial charge >= 0.3 is 5.91 Å². The van der Waals surface area contributed by atoms with E-state index < -0.39 is 51.6 Å². The van der Waals surface area contributed by atoms with Crippen molar-refractivity contribution < 1.29 is 44.0 Å². The fourth-order valence-corrected chi connectivity index (χ4v) is 9.17. The van der Waals surface area contributed by atoms with E-state index in [9.17, 15) is 24.9 Å². The number of hydroxylamine groups is 2. The lowest BCUT2D eigenvalue weighted by atomic mass is 9.75. The average Bonchev–Trinajstić information content (AvgIpc) is 3.08. The summed E-state index contributed by atoms with van der Waals surface area (Å²) in [6.07, 6.45) is -1.86. The van der Waals surface area contributed by atoms with Crippen LogP contribution >= 0.6 is 21.6 Å². The van der Waals surface area contributed by atoms with Gasteiger partial charge in [-0.1, -0.05) is 33.7 Å². The van der Waals surface area contributed by atoms with Crippen LogP contribution in [0.15, 0.2) is 24.3 Å². The number of carbonyl (C=O) groups excluding carboxylic acids is 2. The van der Waals surface area contributed by atoms with Crippen LogP contribution in [0.1, 0.15) is 17.2 Å². The predicted molar refractivity (Wildman–Crippen MR) is 119 cm³/mol. The van der Waals surface area contributed by atoms with Gasteiger partial charge in [0.2, 0.25) is 10.6 Å². The lowest BCUT2D eigenvalue weighted by Gasteiger charge is -2.58. The summed E-state index contributed by atoms with van der Waals surface area (Å²) >= 11 is 0. The summed E-state index contributed by atoms with van der Waals surface area (Å²) in [6, 6.07) is 3.46. The van der Waals surface area contributed by atoms with Gasteiger partial charge in [-0.25, -0.2) is 0 Å². The van der Waals surface area contributed by atoms with Crippen molar-refractivity contribution in [2.24, 2.45) is 0 Å². The highest BCUT2D eigenvalue weighted by Gasteiger charge is 2.78. The minimum atomic E-state index is -1.99. The maximum Gasteiger partial charge on any atom is 0.315 e. The van der Waals surface area contributed by atoms with Gasteiger partial charge in [-0.05, 0) is 12.1 Å². The van der Waals surface area contributed by atoms with Crippen molar-refractivity contribution in [2.45, 2.75) is 46.2 Å². The molecule has 0 radical (unpaired) electrons. The summed E-state index contributed by atoms with van der Waals surface area (Å²) in [5, 5.41) is 32.7. The third kappa shape index (κ3) is 2.35. The van der Waals surface area contributed by atoms with E-state index in [0.717, 1.165) is 15.9 Å². The Morgan fingerprint density at radius 1 is 1.15 bits per heavy atom. The number of ether oxygens (including phenoxy) is 3. The molecule has 4 fully saturated rings. The van der Waals surface area contributed by atoms with Crippen molar-refractivity contribution in [3.8, 4) is 17.2 Å². The summed E-state index contributed by atoms with van der Waals surface area (Å²) in [4.78, 5) is 33.4. The number of likely N-dealkylation sites (N-methyl/N-ethyl adjacent to an activating group) is 1. The highest BCUT2D eigenvalue weighted by Crippen LogP contribution is 2.68. The van der Waals surface area contributed by atoms with Gasteiger partial charge < -0.3 is 29.5 Å². The maximum absolute atomic E-state index is 14.1. The zero-order chi connectivity index (χ0) is 24.2. The number of hydrogen-bond donors (Lipinski definition) is 3. The van der Waals surface area contributed by atoms with Gasteiger partial charge in [-0.2, -0.15) is 5.06 Å². The lowest BCUT2D eigenvalue weighted by Crippen LogP contribution is -2.81. The molecular weight excluding hydrogens is 488 g/mol. The molecule has 34 heavy (non-hydrogen) atoms. The second-order valence-corrected chi connectivity index (χ2v) is 11.4. The monoisotopic (exact) mass is 510 g/mol. The molecule has 1 aromatic carbocycles. The third-order valence-corrected chi connectivity index (χ3v) is 10.5. The van der Waals surface area contributed by atoms with Crippen molar-refractivity contribution in [1.82, 2.24) is 9.96 Å². The summed E-state index contributed by atoms with van der Waals surface area (Å²) in [5.74, 6) is -0.208. The smallest absolute Gasteiger partial charge is 0.315 e. The standard InChI is InChI=1S/C21H22N2O9S2/c1-22-17(26)20-8-19(28)12(25)7-5-10(24)15(19)32-23(20)18(27)21(22)16(33-34-20)9-4-6-11(29-2)14(30-3)13(9)31-21/h4-7,10,12,15-16,24-25,28H,8H2,1-3H3. The zero-order valence-electron chi connectivity index (χ0n) is 18.3. The number of aliphatic hydroxyl groups excluding tert-OH is 2. The van der Waals surface area contributed by atoms with Crippen LogP contribution in [0.3, 0.4) is 0 Å². The fourth-order valence-electron chi connectivity index (χ4n) is 5.43. The molecule has 7 rings (SSSR count). The zero-order valence-corrected chi connectivity index (χ0v) is 20.0. The Morgan fingerprint density at radius 2 is 1.91 bits per heavy atom. The summed E-state index contributed by atoms with van der Waals surface area (Å²) in [7, 11) is 6.72. The van der Waals surface area contributed by atoms with E-state index in [1.165, 1.54) is 49.1 Å². The molecule has 3 N–H and O–H groups in total. The van der Waals surface area contributed by atoms with E-state index in [4.69, 9.17) is 19.0 Å². The molecule has 182 valence electrons. The number of aliphatic hydroxyl groups is 3. The molecule has 0 aromatic heterocycles. The van der Waals surface area contributed by atoms with E-state index >= 15 is 0 Å². The van der Waals surface area contributed by atoms with Crippen LogP contribution in [-0.2, 0) is 14.4 Å². The first kappa shape index (κ1) is 22.3. The number of carbonyl (C=O) groups is 2. The van der Waals surface area contributed by atoms with E-state index in [1.807, 2.05) is 0 Å². The minimum Gasteiger partial charge on any atom is -0.493 e. The Hall–Kier alpha value is -2.16. The summed E-state index contributed by atoms with van der Waals surface area (Å²) < 4.78 is 17.2. The lowest BCUT2D eigenvalue weighted by molar-refractivity contribution is -0.337. The number of fused-ring (bicyclic) bond motifs is 4. The first-order valence-corrected chi connectivity index (χ1v) is 12.7. The first-order chi connectivity index (χ1) is 16.2. The molecule has 1 aliphatic carbocycles. The van der Waals surface area contributed by atoms with Crippen molar-refractivity contribution in [1.29, 1.82) is 0 Å². The van der Waals surface area contributed by atoms with Crippen molar-refractivity contribution in [3.05, 3.63) is 29.8 Å². The van der Waals surface area contributed by atoms with Crippen LogP contribution in [0.5, 0.6) is 17.2 Å². The molecular formula is C21H22N2O9S2. The van der Waals surface area contributed by atoms with Crippen LogP contribution in [0.25, 0.3) is 0 Å². The topological polar surface area (TPSA) is 138 Å². The number of amides is 2. The molecule has 4 saturated heterocycles. The molecule has 0 saturated carbocycles. The molecule has 2 amide bonds. The average molecular weight is 511 g/mol. The molecule has 5 aliphatic heterocycles. The van der Waals surface area contributed by atoms with E-state index in [0.29, 0.717) is 17.1 Å². The number of hydrogen-bond acceptors (Lipinski definition) is 11. The Morgan fingerprint density at radius 3 is 2.62 bits per heavy atom. The van der Waals surface area contributed by atoms with E-state index in [-0.39, 0.29) is 12.2 Å². The van der Waals surface area contributed by atoms with Gasteiger partial charge in [0.15, 0.2) is 11.5 Å². The second-order valence-electron chi connectivity index (χ2n) is 8.84. The third-order valence-electron chi connectivity index (χ3n) is 7.21. The Balaban J connectivity index is 1.52. The quantitative estimate of drug-likeness (QED) is 0.365. The number of benzene rings is 1. The molecule has 5 heterocycles. The van der Waals surface area contributed by atoms with Gasteiger partial charge in [-0.15, -0.1) is 0 Å². The van der Waals surface area contributed by atoms with Gasteiger partial charge in [0.05, 0.1) is 14.2 Å². The largest absolute Gasteiger partial charge is 0.493 e.